The van der Waals surface area contributed by atoms with Crippen molar-refractivity contribution in [3.63, 3.8) is 0 Å². The number of amides is 1. The van der Waals surface area contributed by atoms with E-state index in [0.717, 1.165) is 31.6 Å². The first-order valence-corrected chi connectivity index (χ1v) is 8.64. The second-order valence-electron chi connectivity index (χ2n) is 6.57. The molecule has 2 fully saturated rings. The van der Waals surface area contributed by atoms with Crippen molar-refractivity contribution in [2.75, 3.05) is 45.3 Å². The molecule has 0 bridgehead atoms. The summed E-state index contributed by atoms with van der Waals surface area (Å²) in [5, 5.41) is 0. The molecule has 3 rings (SSSR count). The smallest absolute Gasteiger partial charge is 0.225 e. The third kappa shape index (κ3) is 4.21. The zero-order valence-electron chi connectivity index (χ0n) is 14.5. The van der Waals surface area contributed by atoms with Gasteiger partial charge in [-0.25, -0.2) is 9.97 Å². The molecule has 0 spiro atoms. The Labute approximate surface area is 143 Å². The van der Waals surface area contributed by atoms with Crippen molar-refractivity contribution in [1.29, 1.82) is 0 Å². The number of hydrogen-bond donors (Lipinski definition) is 0. The molecule has 7 heteroatoms. The van der Waals surface area contributed by atoms with Crippen LogP contribution in [0.25, 0.3) is 0 Å². The molecule has 0 saturated carbocycles. The summed E-state index contributed by atoms with van der Waals surface area (Å²) in [4.78, 5) is 25.1. The number of carbonyl (C=O) groups is 1. The average molecular weight is 334 g/mol. The molecular weight excluding hydrogens is 308 g/mol. The number of ether oxygens (including phenoxy) is 2. The van der Waals surface area contributed by atoms with Crippen molar-refractivity contribution < 1.29 is 14.3 Å². The Bertz CT molecular complexity index is 561. The molecular formula is C17H26N4O3. The summed E-state index contributed by atoms with van der Waals surface area (Å²) in [6.07, 6.45) is 5.32. The third-order valence-electron chi connectivity index (χ3n) is 4.49. The second kappa shape index (κ2) is 7.90. The zero-order valence-corrected chi connectivity index (χ0v) is 14.5. The lowest BCUT2D eigenvalue weighted by Gasteiger charge is -2.34. The molecule has 2 atom stereocenters. The zero-order chi connectivity index (χ0) is 16.9. The number of morpholine rings is 1. The number of nitrogens with zero attached hydrogens (tertiary/aromatic N) is 4. The highest BCUT2D eigenvalue weighted by Gasteiger charge is 2.28. The van der Waals surface area contributed by atoms with Crippen LogP contribution >= 0.6 is 0 Å². The molecule has 3 heterocycles. The number of rotatable bonds is 4. The Morgan fingerprint density at radius 2 is 2.21 bits per heavy atom. The van der Waals surface area contributed by atoms with Crippen LogP contribution in [-0.4, -0.2) is 67.3 Å². The predicted molar refractivity (Wildman–Crippen MR) is 89.8 cm³/mol. The highest BCUT2D eigenvalue weighted by molar-refractivity contribution is 5.76. The van der Waals surface area contributed by atoms with Gasteiger partial charge in [0, 0.05) is 33.4 Å². The van der Waals surface area contributed by atoms with Crippen molar-refractivity contribution >= 4 is 11.9 Å². The normalized spacial score (nSPS) is 24.7. The van der Waals surface area contributed by atoms with Gasteiger partial charge in [-0.15, -0.1) is 0 Å². The van der Waals surface area contributed by atoms with Crippen LogP contribution in [0.15, 0.2) is 12.3 Å². The van der Waals surface area contributed by atoms with E-state index in [1.54, 1.807) is 6.20 Å². The molecule has 0 radical (unpaired) electrons. The molecule has 2 saturated heterocycles. The van der Waals surface area contributed by atoms with Crippen LogP contribution in [0.1, 0.15) is 37.5 Å². The van der Waals surface area contributed by atoms with Gasteiger partial charge in [0.2, 0.25) is 11.9 Å². The van der Waals surface area contributed by atoms with E-state index < -0.39 is 0 Å². The molecule has 1 amide bonds. The van der Waals surface area contributed by atoms with Crippen LogP contribution in [0.3, 0.4) is 0 Å². The van der Waals surface area contributed by atoms with Gasteiger partial charge >= 0.3 is 0 Å². The Morgan fingerprint density at radius 1 is 1.33 bits per heavy atom. The Hall–Kier alpha value is -1.73. The van der Waals surface area contributed by atoms with Crippen molar-refractivity contribution in [2.24, 2.45) is 0 Å². The van der Waals surface area contributed by atoms with Crippen molar-refractivity contribution in [2.45, 2.75) is 37.9 Å². The Kier molecular flexibility index (Phi) is 5.63. The minimum absolute atomic E-state index is 0.0759. The maximum Gasteiger partial charge on any atom is 0.225 e. The molecule has 7 nitrogen and oxygen atoms in total. The first-order valence-electron chi connectivity index (χ1n) is 8.64. The van der Waals surface area contributed by atoms with Gasteiger partial charge in [0.05, 0.1) is 31.4 Å². The van der Waals surface area contributed by atoms with E-state index in [1.165, 1.54) is 0 Å². The summed E-state index contributed by atoms with van der Waals surface area (Å²) in [5.41, 5.74) is 0.820. The van der Waals surface area contributed by atoms with Gasteiger partial charge in [-0.1, -0.05) is 0 Å². The first kappa shape index (κ1) is 17.1. The maximum absolute atomic E-state index is 12.6. The molecule has 1 aromatic heterocycles. The lowest BCUT2D eigenvalue weighted by atomic mass is 10.1. The minimum atomic E-state index is -0.198. The quantitative estimate of drug-likeness (QED) is 0.829. The first-order chi connectivity index (χ1) is 11.6. The summed E-state index contributed by atoms with van der Waals surface area (Å²) in [5.74, 6) is 0.798. The standard InChI is InChI=1S/C17H26N4O3/c1-20(2)17-18-7-6-14(19-17)15-12-21(8-10-24-15)16(22)11-13-5-3-4-9-23-13/h6-7,13,15H,3-5,8-12H2,1-2H3/t13-,15-/m0/s1. The summed E-state index contributed by atoms with van der Waals surface area (Å²) in [6.45, 7) is 2.48. The SMILES string of the molecule is CN(C)c1nccc([C@@H]2CN(C(=O)C[C@@H]3CCCCO3)CCO2)n1. The van der Waals surface area contributed by atoms with E-state index in [1.807, 2.05) is 30.0 Å². The Morgan fingerprint density at radius 3 is 2.96 bits per heavy atom. The van der Waals surface area contributed by atoms with Crippen molar-refractivity contribution in [3.05, 3.63) is 18.0 Å². The molecule has 0 N–H and O–H groups in total. The number of aromatic nitrogens is 2. The van der Waals surface area contributed by atoms with E-state index >= 15 is 0 Å². The van der Waals surface area contributed by atoms with E-state index in [9.17, 15) is 4.79 Å². The molecule has 2 aliphatic heterocycles. The number of anilines is 1. The van der Waals surface area contributed by atoms with Crippen LogP contribution in [0, 0.1) is 0 Å². The van der Waals surface area contributed by atoms with Gasteiger partial charge in [-0.3, -0.25) is 4.79 Å². The fourth-order valence-electron chi connectivity index (χ4n) is 3.10. The van der Waals surface area contributed by atoms with E-state index in [2.05, 4.69) is 9.97 Å². The van der Waals surface area contributed by atoms with Gasteiger partial charge in [-0.05, 0) is 25.3 Å². The van der Waals surface area contributed by atoms with Crippen LogP contribution < -0.4 is 4.90 Å². The predicted octanol–water partition coefficient (Wildman–Crippen LogP) is 1.40. The van der Waals surface area contributed by atoms with Gasteiger partial charge in [-0.2, -0.15) is 0 Å². The van der Waals surface area contributed by atoms with E-state index in [4.69, 9.17) is 9.47 Å². The molecule has 2 aliphatic rings. The molecule has 24 heavy (non-hydrogen) atoms. The van der Waals surface area contributed by atoms with E-state index in [0.29, 0.717) is 32.1 Å². The van der Waals surface area contributed by atoms with Gasteiger partial charge in [0.15, 0.2) is 0 Å². The topological polar surface area (TPSA) is 67.8 Å². The highest BCUT2D eigenvalue weighted by atomic mass is 16.5. The van der Waals surface area contributed by atoms with Crippen LogP contribution in [0.4, 0.5) is 5.95 Å². The Balaban J connectivity index is 1.61. The van der Waals surface area contributed by atoms with E-state index in [-0.39, 0.29) is 18.1 Å². The van der Waals surface area contributed by atoms with Gasteiger partial charge in [0.25, 0.3) is 0 Å². The van der Waals surface area contributed by atoms with Crippen molar-refractivity contribution in [1.82, 2.24) is 14.9 Å². The third-order valence-corrected chi connectivity index (χ3v) is 4.49. The fraction of sp³-hybridized carbons (Fsp3) is 0.706. The second-order valence-corrected chi connectivity index (χ2v) is 6.57. The molecule has 1 aromatic rings. The number of hydrogen-bond acceptors (Lipinski definition) is 6. The number of carbonyl (C=O) groups excluding carboxylic acids is 1. The monoisotopic (exact) mass is 334 g/mol. The lowest BCUT2D eigenvalue weighted by Crippen LogP contribution is -2.44. The van der Waals surface area contributed by atoms with Crippen LogP contribution in [-0.2, 0) is 14.3 Å². The van der Waals surface area contributed by atoms with Crippen molar-refractivity contribution in [3.8, 4) is 0 Å². The summed E-state index contributed by atoms with van der Waals surface area (Å²) < 4.78 is 11.5. The summed E-state index contributed by atoms with van der Waals surface area (Å²) in [7, 11) is 3.81. The summed E-state index contributed by atoms with van der Waals surface area (Å²) >= 11 is 0. The molecule has 0 unspecified atom stereocenters. The maximum atomic E-state index is 12.6. The molecule has 0 aliphatic carbocycles. The minimum Gasteiger partial charge on any atom is -0.378 e. The molecule has 0 aromatic carbocycles. The summed E-state index contributed by atoms with van der Waals surface area (Å²) in [6, 6.07) is 1.86. The highest BCUT2D eigenvalue weighted by Crippen LogP contribution is 2.23. The van der Waals surface area contributed by atoms with Gasteiger partial charge < -0.3 is 19.3 Å². The van der Waals surface area contributed by atoms with Crippen LogP contribution in [0.2, 0.25) is 0 Å². The largest absolute Gasteiger partial charge is 0.378 e. The molecule has 132 valence electrons. The average Bonchev–Trinajstić information content (AvgIpc) is 2.63. The van der Waals surface area contributed by atoms with Crippen LogP contribution in [0.5, 0.6) is 0 Å². The van der Waals surface area contributed by atoms with Gasteiger partial charge in [0.1, 0.15) is 6.10 Å². The fourth-order valence-corrected chi connectivity index (χ4v) is 3.10. The lowest BCUT2D eigenvalue weighted by molar-refractivity contribution is -0.142.